The Balaban J connectivity index is 1.43. The number of aromatic nitrogens is 3. The second-order valence-electron chi connectivity index (χ2n) is 10.9. The van der Waals surface area contributed by atoms with E-state index >= 15 is 0 Å². The van der Waals surface area contributed by atoms with E-state index in [1.54, 1.807) is 0 Å². The van der Waals surface area contributed by atoms with E-state index in [9.17, 15) is 60.9 Å². The van der Waals surface area contributed by atoms with Gasteiger partial charge in [-0.1, -0.05) is 0 Å². The van der Waals surface area contributed by atoms with Crippen LogP contribution in [0.5, 0.6) is 5.75 Å². The van der Waals surface area contributed by atoms with Crippen LogP contribution in [-0.4, -0.2) is 92.7 Å². The zero-order chi connectivity index (χ0) is 41.4. The largest absolute Gasteiger partial charge is 0.505 e. The van der Waals surface area contributed by atoms with Crippen molar-refractivity contribution in [2.45, 2.75) is 19.6 Å². The van der Waals surface area contributed by atoms with Gasteiger partial charge in [0.25, 0.3) is 30.4 Å². The number of phenols is 1. The van der Waals surface area contributed by atoms with E-state index < -0.39 is 94.8 Å². The van der Waals surface area contributed by atoms with Crippen LogP contribution in [0.15, 0.2) is 96.5 Å². The van der Waals surface area contributed by atoms with Gasteiger partial charge in [-0.2, -0.15) is 48.6 Å². The van der Waals surface area contributed by atoms with Crippen LogP contribution in [0.4, 0.5) is 34.6 Å². The molecule has 7 N–H and O–H groups in total. The maximum atomic E-state index is 12.4. The number of benzene rings is 4. The molecule has 56 heavy (non-hydrogen) atoms. The summed E-state index contributed by atoms with van der Waals surface area (Å²) >= 11 is 6.06. The summed E-state index contributed by atoms with van der Waals surface area (Å²) in [5.74, 6) is -2.00. The first-order chi connectivity index (χ1) is 25.8. The highest BCUT2D eigenvalue weighted by Crippen LogP contribution is 2.43. The molecule has 0 aliphatic carbocycles. The molecule has 23 nitrogen and oxygen atoms in total. The zero-order valence-corrected chi connectivity index (χ0v) is 32.0. The molecule has 29 heteroatoms. The molecule has 0 saturated carbocycles. The van der Waals surface area contributed by atoms with Gasteiger partial charge in [0, 0.05) is 16.8 Å². The first kappa shape index (κ1) is 42.1. The zero-order valence-electron chi connectivity index (χ0n) is 27.1. The maximum absolute atomic E-state index is 12.4. The van der Waals surface area contributed by atoms with Crippen molar-refractivity contribution in [3.63, 3.8) is 0 Å². The summed E-state index contributed by atoms with van der Waals surface area (Å²) in [6.45, 7) is -0.824. The molecule has 1 aromatic heterocycles. The molecule has 0 unspecified atom stereocenters. The lowest BCUT2D eigenvalue weighted by Crippen LogP contribution is -2.15. The molecular weight excluding hydrogens is 874 g/mol. The van der Waals surface area contributed by atoms with E-state index in [0.29, 0.717) is 18.2 Å². The van der Waals surface area contributed by atoms with Gasteiger partial charge in [0.2, 0.25) is 17.2 Å². The van der Waals surface area contributed by atoms with Gasteiger partial charge in [0.15, 0.2) is 15.6 Å². The number of halogens is 1. The Morgan fingerprint density at radius 2 is 1.21 bits per heavy atom. The van der Waals surface area contributed by atoms with E-state index in [1.165, 1.54) is 42.5 Å². The number of anilines is 4. The Labute approximate surface area is 321 Å². The van der Waals surface area contributed by atoms with Crippen LogP contribution in [0.3, 0.4) is 0 Å². The van der Waals surface area contributed by atoms with Crippen LogP contribution < -0.4 is 10.6 Å². The standard InChI is InChI=1S/C27H22ClN7O16S5/c28-25-31-26(29-15-1-4-17(5-2-15)52(37,38)10-9-51-56(48,49)50)33-27(32-25)30-16-3-7-19-14(11-16)12-22(55(45,46)47)23(24(19)36)35-34-20-13-18(53(39,40)41)6-8-21(20)54(42,43)44/h1-8,11-13,36H,9-10H2,(H,39,40,41)(H,42,43,44)(H,45,46,47)(H,48,49,50)(H2,29,30,31,32,33)/b35-34+. The molecule has 4 aromatic carbocycles. The summed E-state index contributed by atoms with van der Waals surface area (Å²) < 4.78 is 159. The Morgan fingerprint density at radius 1 is 0.643 bits per heavy atom. The number of nitrogens with zero attached hydrogens (tertiary/aromatic N) is 5. The summed E-state index contributed by atoms with van der Waals surface area (Å²) in [6.07, 6.45) is 0. The number of phenolic OH excluding ortho intramolecular Hbond substituents is 1. The Morgan fingerprint density at radius 3 is 1.79 bits per heavy atom. The number of azo groups is 1. The number of rotatable bonds is 14. The second-order valence-corrected chi connectivity index (χ2v) is 18.6. The average molecular weight is 896 g/mol. The summed E-state index contributed by atoms with van der Waals surface area (Å²) in [4.78, 5) is 8.88. The van der Waals surface area contributed by atoms with E-state index in [2.05, 4.69) is 40.0 Å². The molecular formula is C27H22ClN7O16S5. The molecule has 0 saturated heterocycles. The second kappa shape index (κ2) is 15.5. The van der Waals surface area contributed by atoms with E-state index in [-0.39, 0.29) is 44.2 Å². The average Bonchev–Trinajstić information content (AvgIpc) is 3.05. The van der Waals surface area contributed by atoms with Crippen LogP contribution in [0.25, 0.3) is 10.8 Å². The number of fused-ring (bicyclic) bond motifs is 1. The monoisotopic (exact) mass is 895 g/mol. The normalized spacial score (nSPS) is 12.9. The third kappa shape index (κ3) is 10.4. The van der Waals surface area contributed by atoms with Crippen molar-refractivity contribution in [1.82, 2.24) is 15.0 Å². The first-order valence-electron chi connectivity index (χ1n) is 14.5. The van der Waals surface area contributed by atoms with Crippen molar-refractivity contribution < 1.29 is 69.6 Å². The minimum absolute atomic E-state index is 0.0517. The van der Waals surface area contributed by atoms with Gasteiger partial charge >= 0.3 is 10.4 Å². The molecule has 0 atom stereocenters. The molecule has 0 aliphatic rings. The van der Waals surface area contributed by atoms with Gasteiger partial charge in [-0.25, -0.2) is 12.6 Å². The molecule has 5 aromatic rings. The van der Waals surface area contributed by atoms with Crippen molar-refractivity contribution in [2.75, 3.05) is 23.0 Å². The van der Waals surface area contributed by atoms with Crippen molar-refractivity contribution in [2.24, 2.45) is 10.2 Å². The molecule has 0 aliphatic heterocycles. The van der Waals surface area contributed by atoms with Crippen LogP contribution >= 0.6 is 11.6 Å². The van der Waals surface area contributed by atoms with Crippen molar-refractivity contribution in [3.05, 3.63) is 72.0 Å². The number of nitrogens with one attached hydrogen (secondary N) is 2. The van der Waals surface area contributed by atoms with Crippen molar-refractivity contribution >= 4 is 108 Å². The minimum Gasteiger partial charge on any atom is -0.505 e. The number of aromatic hydroxyl groups is 1. The van der Waals surface area contributed by atoms with E-state index in [1.807, 2.05) is 0 Å². The topological polar surface area (TPSA) is 369 Å². The van der Waals surface area contributed by atoms with Crippen LogP contribution in [0.2, 0.25) is 5.28 Å². The molecule has 0 bridgehead atoms. The number of hydrogen-bond donors (Lipinski definition) is 7. The quantitative estimate of drug-likeness (QED) is 0.0618. The van der Waals surface area contributed by atoms with Crippen molar-refractivity contribution in [1.29, 1.82) is 0 Å². The van der Waals surface area contributed by atoms with Gasteiger partial charge in [-0.3, -0.25) is 18.2 Å². The lowest BCUT2D eigenvalue weighted by molar-refractivity contribution is 0.284. The molecule has 1 heterocycles. The van der Waals surface area contributed by atoms with Crippen molar-refractivity contribution in [3.8, 4) is 5.75 Å². The van der Waals surface area contributed by atoms with E-state index in [4.69, 9.17) is 16.2 Å². The Bertz CT molecular complexity index is 2990. The van der Waals surface area contributed by atoms with E-state index in [0.717, 1.165) is 6.07 Å². The molecule has 0 spiro atoms. The fourth-order valence-electron chi connectivity index (χ4n) is 4.61. The smallest absolute Gasteiger partial charge is 0.397 e. The Kier molecular flexibility index (Phi) is 11.7. The summed E-state index contributed by atoms with van der Waals surface area (Å²) in [6, 6.07) is 11.4. The lowest BCUT2D eigenvalue weighted by Gasteiger charge is -2.12. The number of sulfone groups is 1. The van der Waals surface area contributed by atoms with Crippen LogP contribution in [0.1, 0.15) is 0 Å². The third-order valence-corrected chi connectivity index (χ3v) is 12.0. The highest BCUT2D eigenvalue weighted by molar-refractivity contribution is 7.91. The lowest BCUT2D eigenvalue weighted by atomic mass is 10.1. The molecule has 0 fully saturated rings. The fourth-order valence-corrected chi connectivity index (χ4v) is 8.02. The predicted octanol–water partition coefficient (Wildman–Crippen LogP) is 3.62. The summed E-state index contributed by atoms with van der Waals surface area (Å²) in [7, 11) is -24.1. The van der Waals surface area contributed by atoms with Crippen LogP contribution in [-0.2, 0) is 54.8 Å². The maximum Gasteiger partial charge on any atom is 0.397 e. The highest BCUT2D eigenvalue weighted by atomic mass is 35.5. The first-order valence-corrected chi connectivity index (χ1v) is 22.2. The van der Waals surface area contributed by atoms with Gasteiger partial charge in [-0.15, -0.1) is 10.2 Å². The summed E-state index contributed by atoms with van der Waals surface area (Å²) in [5.41, 5.74) is -1.43. The third-order valence-electron chi connectivity index (χ3n) is 7.01. The highest BCUT2D eigenvalue weighted by Gasteiger charge is 2.24. The Hall–Kier alpha value is -5.01. The number of hydrogen-bond acceptors (Lipinski definition) is 19. The summed E-state index contributed by atoms with van der Waals surface area (Å²) in [5, 5.41) is 23.1. The molecule has 0 radical (unpaired) electrons. The van der Waals surface area contributed by atoms with Gasteiger partial charge in [-0.05, 0) is 83.7 Å². The van der Waals surface area contributed by atoms with Gasteiger partial charge < -0.3 is 15.7 Å². The fraction of sp³-hybridized carbons (Fsp3) is 0.0741. The SMILES string of the molecule is O=S(=O)(O)OCCS(=O)(=O)c1ccc(Nc2nc(Cl)nc(Nc3ccc4c(O)c(/N=N/c5cc(S(=O)(=O)O)ccc5S(=O)(=O)O)c(S(=O)(=O)O)cc4c3)n2)cc1. The molecule has 298 valence electrons. The minimum atomic E-state index is -5.22. The van der Waals surface area contributed by atoms with Gasteiger partial charge in [0.05, 0.1) is 22.2 Å². The van der Waals surface area contributed by atoms with Gasteiger partial charge in [0.1, 0.15) is 21.2 Å². The predicted molar refractivity (Wildman–Crippen MR) is 193 cm³/mol. The molecule has 0 amide bonds. The molecule has 5 rings (SSSR count). The van der Waals surface area contributed by atoms with Crippen LogP contribution in [0, 0.1) is 0 Å².